The molecule has 3 nitrogen and oxygen atoms in total. The predicted molar refractivity (Wildman–Crippen MR) is 58.8 cm³/mol. The molecule has 0 radical (unpaired) electrons. The van der Waals surface area contributed by atoms with E-state index in [1.807, 2.05) is 31.2 Å². The molecule has 1 aromatic rings. The average molecular weight is 205 g/mol. The zero-order valence-electron chi connectivity index (χ0n) is 9.04. The summed E-state index contributed by atoms with van der Waals surface area (Å²) in [4.78, 5) is 11.5. The molecule has 0 amide bonds. The number of anilines is 1. The van der Waals surface area contributed by atoms with Gasteiger partial charge in [-0.2, -0.15) is 0 Å². The molecular formula is C12H15NO2. The lowest BCUT2D eigenvalue weighted by molar-refractivity contribution is -0.142. The maximum Gasteiger partial charge on any atom is 0.331 e. The van der Waals surface area contributed by atoms with Crippen molar-refractivity contribution < 1.29 is 9.53 Å². The Morgan fingerprint density at radius 1 is 1.33 bits per heavy atom. The van der Waals surface area contributed by atoms with E-state index in [1.54, 1.807) is 0 Å². The second kappa shape index (κ2) is 3.57. The summed E-state index contributed by atoms with van der Waals surface area (Å²) in [6, 6.07) is 8.02. The van der Waals surface area contributed by atoms with Gasteiger partial charge in [0.2, 0.25) is 0 Å². The lowest BCUT2D eigenvalue weighted by Gasteiger charge is -2.16. The number of carbonyl (C=O) groups excluding carboxylic acids is 1. The van der Waals surface area contributed by atoms with E-state index < -0.39 is 5.54 Å². The van der Waals surface area contributed by atoms with Crippen LogP contribution < -0.4 is 5.32 Å². The summed E-state index contributed by atoms with van der Waals surface area (Å²) in [5.74, 6) is -0.164. The van der Waals surface area contributed by atoms with Gasteiger partial charge >= 0.3 is 5.97 Å². The average Bonchev–Trinajstić information content (AvgIpc) is 3.01. The smallest absolute Gasteiger partial charge is 0.331 e. The normalized spacial score (nSPS) is 16.9. The van der Waals surface area contributed by atoms with Gasteiger partial charge in [-0.05, 0) is 31.9 Å². The van der Waals surface area contributed by atoms with Gasteiger partial charge in [0.05, 0.1) is 7.11 Å². The summed E-state index contributed by atoms with van der Waals surface area (Å²) in [5, 5.41) is 3.23. The molecule has 0 atom stereocenters. The minimum atomic E-state index is -0.454. The van der Waals surface area contributed by atoms with Crippen molar-refractivity contribution in [2.75, 3.05) is 12.4 Å². The molecular weight excluding hydrogens is 190 g/mol. The third kappa shape index (κ3) is 1.96. The molecule has 1 saturated carbocycles. The fourth-order valence-electron chi connectivity index (χ4n) is 1.61. The van der Waals surface area contributed by atoms with E-state index in [2.05, 4.69) is 5.32 Å². The first-order valence-corrected chi connectivity index (χ1v) is 5.09. The van der Waals surface area contributed by atoms with Crippen LogP contribution in [0, 0.1) is 6.92 Å². The van der Waals surface area contributed by atoms with Crippen molar-refractivity contribution in [3.63, 3.8) is 0 Å². The Balaban J connectivity index is 2.09. The highest BCUT2D eigenvalue weighted by atomic mass is 16.5. The van der Waals surface area contributed by atoms with Crippen molar-refractivity contribution in [3.05, 3.63) is 29.8 Å². The van der Waals surface area contributed by atoms with Crippen molar-refractivity contribution in [2.45, 2.75) is 25.3 Å². The Hall–Kier alpha value is -1.51. The van der Waals surface area contributed by atoms with Crippen molar-refractivity contribution in [3.8, 4) is 0 Å². The molecule has 3 heteroatoms. The molecule has 15 heavy (non-hydrogen) atoms. The SMILES string of the molecule is COC(=O)C1(Nc2ccc(C)cc2)CC1. The Bertz CT molecular complexity index is 366. The van der Waals surface area contributed by atoms with E-state index in [0.717, 1.165) is 18.5 Å². The van der Waals surface area contributed by atoms with Gasteiger partial charge in [-0.25, -0.2) is 4.79 Å². The lowest BCUT2D eigenvalue weighted by atomic mass is 10.2. The summed E-state index contributed by atoms with van der Waals surface area (Å²) in [6.07, 6.45) is 1.71. The number of nitrogens with one attached hydrogen (secondary N) is 1. The number of aryl methyl sites for hydroxylation is 1. The van der Waals surface area contributed by atoms with E-state index >= 15 is 0 Å². The number of hydrogen-bond acceptors (Lipinski definition) is 3. The summed E-state index contributed by atoms with van der Waals surface area (Å²) in [6.45, 7) is 2.04. The van der Waals surface area contributed by atoms with E-state index in [9.17, 15) is 4.79 Å². The largest absolute Gasteiger partial charge is 0.467 e. The first-order valence-electron chi connectivity index (χ1n) is 5.09. The highest BCUT2D eigenvalue weighted by Crippen LogP contribution is 2.39. The molecule has 80 valence electrons. The first-order chi connectivity index (χ1) is 7.16. The van der Waals surface area contributed by atoms with Gasteiger partial charge in [0.15, 0.2) is 0 Å². The predicted octanol–water partition coefficient (Wildman–Crippen LogP) is 2.11. The Labute approximate surface area is 89.4 Å². The fraction of sp³-hybridized carbons (Fsp3) is 0.417. The minimum Gasteiger partial charge on any atom is -0.467 e. The molecule has 0 heterocycles. The number of rotatable bonds is 3. The standard InChI is InChI=1S/C12H15NO2/c1-9-3-5-10(6-4-9)13-12(7-8-12)11(14)15-2/h3-6,13H,7-8H2,1-2H3. The second-order valence-corrected chi connectivity index (χ2v) is 4.06. The molecule has 1 fully saturated rings. The molecule has 2 rings (SSSR count). The van der Waals surface area contributed by atoms with Crippen LogP contribution in [0.1, 0.15) is 18.4 Å². The molecule has 0 spiro atoms. The van der Waals surface area contributed by atoms with Crippen LogP contribution in [0.2, 0.25) is 0 Å². The molecule has 0 aliphatic heterocycles. The number of esters is 1. The van der Waals surface area contributed by atoms with Gasteiger partial charge in [-0.1, -0.05) is 17.7 Å². The second-order valence-electron chi connectivity index (χ2n) is 4.06. The van der Waals surface area contributed by atoms with E-state index in [0.29, 0.717) is 0 Å². The summed E-state index contributed by atoms with van der Waals surface area (Å²) < 4.78 is 4.77. The molecule has 1 aliphatic rings. The van der Waals surface area contributed by atoms with Crippen LogP contribution >= 0.6 is 0 Å². The molecule has 0 aromatic heterocycles. The van der Waals surface area contributed by atoms with Crippen molar-refractivity contribution in [1.29, 1.82) is 0 Å². The van der Waals surface area contributed by atoms with Crippen LogP contribution in [-0.4, -0.2) is 18.6 Å². The number of ether oxygens (including phenoxy) is 1. The lowest BCUT2D eigenvalue weighted by Crippen LogP contribution is -2.32. The van der Waals surface area contributed by atoms with Gasteiger partial charge in [0, 0.05) is 5.69 Å². The first kappa shape index (κ1) is 10.0. The quantitative estimate of drug-likeness (QED) is 0.768. The Morgan fingerprint density at radius 3 is 2.40 bits per heavy atom. The van der Waals surface area contributed by atoms with Gasteiger partial charge in [0.25, 0.3) is 0 Å². The minimum absolute atomic E-state index is 0.164. The third-order valence-electron chi connectivity index (χ3n) is 2.76. The number of benzene rings is 1. The van der Waals surface area contributed by atoms with Gasteiger partial charge in [0.1, 0.15) is 5.54 Å². The third-order valence-corrected chi connectivity index (χ3v) is 2.76. The van der Waals surface area contributed by atoms with Crippen molar-refractivity contribution in [2.24, 2.45) is 0 Å². The zero-order chi connectivity index (χ0) is 10.9. The highest BCUT2D eigenvalue weighted by molar-refractivity contribution is 5.87. The molecule has 0 bridgehead atoms. The van der Waals surface area contributed by atoms with Crippen LogP contribution in [0.3, 0.4) is 0 Å². The van der Waals surface area contributed by atoms with Crippen LogP contribution in [0.25, 0.3) is 0 Å². The summed E-state index contributed by atoms with van der Waals surface area (Å²) >= 11 is 0. The van der Waals surface area contributed by atoms with Crippen LogP contribution in [0.4, 0.5) is 5.69 Å². The van der Waals surface area contributed by atoms with Crippen molar-refractivity contribution in [1.82, 2.24) is 0 Å². The van der Waals surface area contributed by atoms with Crippen LogP contribution in [0.5, 0.6) is 0 Å². The fourth-order valence-corrected chi connectivity index (χ4v) is 1.61. The van der Waals surface area contributed by atoms with E-state index in [1.165, 1.54) is 12.7 Å². The highest BCUT2D eigenvalue weighted by Gasteiger charge is 2.51. The van der Waals surface area contributed by atoms with Crippen LogP contribution in [-0.2, 0) is 9.53 Å². The van der Waals surface area contributed by atoms with E-state index in [4.69, 9.17) is 4.74 Å². The maximum absolute atomic E-state index is 11.5. The number of methoxy groups -OCH3 is 1. The van der Waals surface area contributed by atoms with E-state index in [-0.39, 0.29) is 5.97 Å². The molecule has 0 unspecified atom stereocenters. The van der Waals surface area contributed by atoms with Crippen LogP contribution in [0.15, 0.2) is 24.3 Å². The molecule has 1 aliphatic carbocycles. The topological polar surface area (TPSA) is 38.3 Å². The van der Waals surface area contributed by atoms with Crippen molar-refractivity contribution >= 4 is 11.7 Å². The number of hydrogen-bond donors (Lipinski definition) is 1. The Kier molecular flexibility index (Phi) is 2.39. The maximum atomic E-state index is 11.5. The molecule has 1 N–H and O–H groups in total. The monoisotopic (exact) mass is 205 g/mol. The molecule has 0 saturated heterocycles. The number of carbonyl (C=O) groups is 1. The summed E-state index contributed by atoms with van der Waals surface area (Å²) in [5.41, 5.74) is 1.73. The van der Waals surface area contributed by atoms with Gasteiger partial charge in [-0.15, -0.1) is 0 Å². The zero-order valence-corrected chi connectivity index (χ0v) is 9.04. The molecule has 1 aromatic carbocycles. The Morgan fingerprint density at radius 2 is 1.93 bits per heavy atom. The van der Waals surface area contributed by atoms with Gasteiger partial charge < -0.3 is 10.1 Å². The van der Waals surface area contributed by atoms with Gasteiger partial charge in [-0.3, -0.25) is 0 Å². The summed E-state index contributed by atoms with van der Waals surface area (Å²) in [7, 11) is 1.43.